The van der Waals surface area contributed by atoms with Crippen LogP contribution in [0.15, 0.2) is 6.33 Å². The number of hydrogen-bond donors (Lipinski definition) is 2. The molecule has 2 rings (SSSR count). The fourth-order valence-electron chi connectivity index (χ4n) is 3.12. The molecule has 102 valence electrons. The van der Waals surface area contributed by atoms with Crippen molar-refractivity contribution in [1.82, 2.24) is 20.2 Å². The minimum atomic E-state index is 0.330. The molecule has 3 unspecified atom stereocenters. The van der Waals surface area contributed by atoms with Crippen molar-refractivity contribution >= 4 is 0 Å². The molecule has 0 amide bonds. The molecule has 3 N–H and O–H groups in total. The number of nitrogens with two attached hydrogens (primary N) is 1. The van der Waals surface area contributed by atoms with Gasteiger partial charge in [-0.2, -0.15) is 5.10 Å². The van der Waals surface area contributed by atoms with Crippen LogP contribution in [0.4, 0.5) is 0 Å². The smallest absolute Gasteiger partial charge is 0.138 e. The molecule has 0 aliphatic heterocycles. The van der Waals surface area contributed by atoms with Gasteiger partial charge >= 0.3 is 0 Å². The van der Waals surface area contributed by atoms with E-state index in [9.17, 15) is 0 Å². The van der Waals surface area contributed by atoms with E-state index in [2.05, 4.69) is 29.4 Å². The van der Waals surface area contributed by atoms with Crippen LogP contribution in [0.5, 0.6) is 0 Å². The predicted molar refractivity (Wildman–Crippen MR) is 71.6 cm³/mol. The van der Waals surface area contributed by atoms with Gasteiger partial charge in [-0.15, -0.1) is 0 Å². The van der Waals surface area contributed by atoms with Gasteiger partial charge in [0, 0.05) is 19.0 Å². The first-order valence-electron chi connectivity index (χ1n) is 7.11. The standard InChI is InChI=1S/C13H25N5/c1-3-10-5-6-11(7-10)12(17-14)8-13-15-9-16-18(13)4-2/h9-12,17H,3-8,14H2,1-2H3. The van der Waals surface area contributed by atoms with E-state index in [1.165, 1.54) is 25.7 Å². The third-order valence-electron chi connectivity index (χ3n) is 4.34. The number of nitrogens with one attached hydrogen (secondary N) is 1. The second-order valence-electron chi connectivity index (χ2n) is 5.32. The molecule has 0 aromatic carbocycles. The molecule has 3 atom stereocenters. The van der Waals surface area contributed by atoms with Crippen molar-refractivity contribution in [3.8, 4) is 0 Å². The van der Waals surface area contributed by atoms with Gasteiger partial charge < -0.3 is 0 Å². The zero-order valence-corrected chi connectivity index (χ0v) is 11.5. The Morgan fingerprint density at radius 1 is 1.50 bits per heavy atom. The Morgan fingerprint density at radius 3 is 2.94 bits per heavy atom. The summed E-state index contributed by atoms with van der Waals surface area (Å²) in [5.74, 6) is 8.35. The molecule has 1 fully saturated rings. The van der Waals surface area contributed by atoms with Crippen LogP contribution < -0.4 is 11.3 Å². The molecule has 5 nitrogen and oxygen atoms in total. The number of aromatic nitrogens is 3. The second-order valence-corrected chi connectivity index (χ2v) is 5.32. The van der Waals surface area contributed by atoms with Crippen LogP contribution in [0.3, 0.4) is 0 Å². The number of hydrogen-bond acceptors (Lipinski definition) is 4. The van der Waals surface area contributed by atoms with E-state index in [0.29, 0.717) is 12.0 Å². The molecule has 18 heavy (non-hydrogen) atoms. The largest absolute Gasteiger partial charge is 0.271 e. The van der Waals surface area contributed by atoms with Crippen LogP contribution in [0.25, 0.3) is 0 Å². The van der Waals surface area contributed by atoms with E-state index in [-0.39, 0.29) is 0 Å². The number of rotatable bonds is 6. The number of hydrazine groups is 1. The van der Waals surface area contributed by atoms with E-state index >= 15 is 0 Å². The van der Waals surface area contributed by atoms with Gasteiger partial charge in [-0.25, -0.2) is 4.98 Å². The maximum absolute atomic E-state index is 5.74. The molecule has 1 aliphatic carbocycles. The number of aryl methyl sites for hydroxylation is 1. The fraction of sp³-hybridized carbons (Fsp3) is 0.846. The third kappa shape index (κ3) is 2.90. The fourth-order valence-corrected chi connectivity index (χ4v) is 3.12. The molecule has 0 bridgehead atoms. The van der Waals surface area contributed by atoms with Crippen LogP contribution in [-0.4, -0.2) is 20.8 Å². The molecule has 1 aromatic rings. The van der Waals surface area contributed by atoms with Crippen molar-refractivity contribution in [2.24, 2.45) is 17.7 Å². The Hall–Kier alpha value is -0.940. The van der Waals surface area contributed by atoms with Gasteiger partial charge in [-0.3, -0.25) is 16.0 Å². The average molecular weight is 251 g/mol. The molecular formula is C13H25N5. The molecule has 0 spiro atoms. The SMILES string of the molecule is CCC1CCC(C(Cc2ncnn2CC)NN)C1. The predicted octanol–water partition coefficient (Wildman–Crippen LogP) is 1.50. The van der Waals surface area contributed by atoms with Crippen molar-refractivity contribution in [1.29, 1.82) is 0 Å². The van der Waals surface area contributed by atoms with Crippen molar-refractivity contribution in [2.45, 2.75) is 58.5 Å². The summed E-state index contributed by atoms with van der Waals surface area (Å²) in [6, 6.07) is 0.330. The van der Waals surface area contributed by atoms with E-state index in [4.69, 9.17) is 5.84 Å². The highest BCUT2D eigenvalue weighted by atomic mass is 15.3. The lowest BCUT2D eigenvalue weighted by Crippen LogP contribution is -2.42. The Kier molecular flexibility index (Phi) is 4.72. The van der Waals surface area contributed by atoms with Gasteiger partial charge in [0.05, 0.1) is 0 Å². The average Bonchev–Trinajstić information content (AvgIpc) is 3.04. The molecule has 1 saturated carbocycles. The van der Waals surface area contributed by atoms with E-state index < -0.39 is 0 Å². The maximum Gasteiger partial charge on any atom is 0.138 e. The minimum absolute atomic E-state index is 0.330. The van der Waals surface area contributed by atoms with E-state index in [0.717, 1.165) is 24.7 Å². The summed E-state index contributed by atoms with van der Waals surface area (Å²) >= 11 is 0. The Morgan fingerprint density at radius 2 is 2.33 bits per heavy atom. The summed E-state index contributed by atoms with van der Waals surface area (Å²) in [4.78, 5) is 4.34. The van der Waals surface area contributed by atoms with Gasteiger partial charge in [0.2, 0.25) is 0 Å². The second kappa shape index (κ2) is 6.29. The van der Waals surface area contributed by atoms with Gasteiger partial charge in [0.25, 0.3) is 0 Å². The van der Waals surface area contributed by atoms with E-state index in [1.54, 1.807) is 6.33 Å². The molecule has 0 radical (unpaired) electrons. The summed E-state index contributed by atoms with van der Waals surface area (Å²) in [5, 5.41) is 4.22. The normalized spacial score (nSPS) is 25.5. The van der Waals surface area contributed by atoms with Crippen LogP contribution in [0.2, 0.25) is 0 Å². The van der Waals surface area contributed by atoms with Crippen molar-refractivity contribution in [3.63, 3.8) is 0 Å². The Bertz CT molecular complexity index is 362. The Labute approximate surface area is 109 Å². The zero-order chi connectivity index (χ0) is 13.0. The molecule has 1 aromatic heterocycles. The molecule has 1 aliphatic rings. The molecule has 5 heteroatoms. The van der Waals surface area contributed by atoms with Crippen molar-refractivity contribution in [3.05, 3.63) is 12.2 Å². The van der Waals surface area contributed by atoms with Gasteiger partial charge in [0.15, 0.2) is 0 Å². The maximum atomic E-state index is 5.74. The lowest BCUT2D eigenvalue weighted by molar-refractivity contribution is 0.339. The van der Waals surface area contributed by atoms with Crippen molar-refractivity contribution in [2.75, 3.05) is 0 Å². The van der Waals surface area contributed by atoms with E-state index in [1.807, 2.05) is 4.68 Å². The first-order chi connectivity index (χ1) is 8.78. The van der Waals surface area contributed by atoms with Crippen LogP contribution >= 0.6 is 0 Å². The highest BCUT2D eigenvalue weighted by molar-refractivity contribution is 4.93. The molecule has 0 saturated heterocycles. The van der Waals surface area contributed by atoms with Crippen LogP contribution in [0.1, 0.15) is 45.4 Å². The number of nitrogens with zero attached hydrogens (tertiary/aromatic N) is 3. The summed E-state index contributed by atoms with van der Waals surface area (Å²) < 4.78 is 1.95. The zero-order valence-electron chi connectivity index (χ0n) is 11.5. The topological polar surface area (TPSA) is 68.8 Å². The third-order valence-corrected chi connectivity index (χ3v) is 4.34. The van der Waals surface area contributed by atoms with Crippen LogP contribution in [-0.2, 0) is 13.0 Å². The highest BCUT2D eigenvalue weighted by Gasteiger charge is 2.30. The Balaban J connectivity index is 1.97. The summed E-state index contributed by atoms with van der Waals surface area (Å²) in [5.41, 5.74) is 3.00. The summed E-state index contributed by atoms with van der Waals surface area (Å²) in [6.07, 6.45) is 7.74. The first kappa shape index (κ1) is 13.5. The van der Waals surface area contributed by atoms with Crippen LogP contribution in [0, 0.1) is 11.8 Å². The lowest BCUT2D eigenvalue weighted by Gasteiger charge is -2.22. The van der Waals surface area contributed by atoms with Gasteiger partial charge in [-0.1, -0.05) is 19.8 Å². The monoisotopic (exact) mass is 251 g/mol. The molecule has 1 heterocycles. The first-order valence-corrected chi connectivity index (χ1v) is 7.11. The minimum Gasteiger partial charge on any atom is -0.271 e. The molecular weight excluding hydrogens is 226 g/mol. The summed E-state index contributed by atoms with van der Waals surface area (Å²) in [7, 11) is 0. The quantitative estimate of drug-likeness (QED) is 0.594. The van der Waals surface area contributed by atoms with Gasteiger partial charge in [0.1, 0.15) is 12.2 Å². The lowest BCUT2D eigenvalue weighted by atomic mass is 9.94. The van der Waals surface area contributed by atoms with Gasteiger partial charge in [-0.05, 0) is 31.6 Å². The van der Waals surface area contributed by atoms with Crippen molar-refractivity contribution < 1.29 is 0 Å². The highest BCUT2D eigenvalue weighted by Crippen LogP contribution is 2.35. The summed E-state index contributed by atoms with van der Waals surface area (Å²) in [6.45, 7) is 5.24.